The molecule has 5 heteroatoms. The van der Waals surface area contributed by atoms with Gasteiger partial charge in [0.05, 0.1) is 44.5 Å². The van der Waals surface area contributed by atoms with E-state index in [1.54, 1.807) is 0 Å². The van der Waals surface area contributed by atoms with E-state index < -0.39 is 0 Å². The number of hydrogen-bond donors (Lipinski definition) is 0. The first-order chi connectivity index (χ1) is 48.6. The molecule has 0 spiro atoms. The Kier molecular flexibility index (Phi) is 12.4. The fourth-order valence-corrected chi connectivity index (χ4v) is 16.9. The van der Waals surface area contributed by atoms with Crippen molar-refractivity contribution in [3.63, 3.8) is 0 Å². The topological polar surface area (TPSA) is 40.6 Å². The van der Waals surface area contributed by atoms with Crippen molar-refractivity contribution < 1.29 is 0 Å². The third-order valence-electron chi connectivity index (χ3n) is 21.9. The van der Waals surface area contributed by atoms with Gasteiger partial charge in [-0.3, -0.25) is 0 Å². The maximum atomic E-state index is 5.34. The van der Waals surface area contributed by atoms with E-state index in [-0.39, 0.29) is 10.8 Å². The zero-order valence-corrected chi connectivity index (χ0v) is 55.3. The van der Waals surface area contributed by atoms with Crippen molar-refractivity contribution in [2.75, 3.05) is 0 Å². The zero-order valence-electron chi connectivity index (χ0n) is 55.3. The summed E-state index contributed by atoms with van der Waals surface area (Å²) in [5, 5.41) is 7.27. The third-order valence-corrected chi connectivity index (χ3v) is 21.9. The molecule has 0 unspecified atom stereocenters. The normalized spacial score (nSPS) is 13.4. The maximum Gasteiger partial charge on any atom is 0.160 e. The zero-order chi connectivity index (χ0) is 65.8. The third kappa shape index (κ3) is 8.73. The predicted octanol–water partition coefficient (Wildman–Crippen LogP) is 24.4. The second kappa shape index (κ2) is 21.5. The minimum absolute atomic E-state index is 0.115. The fourth-order valence-electron chi connectivity index (χ4n) is 16.9. The molecule has 4 heterocycles. The summed E-state index contributed by atoms with van der Waals surface area (Å²) >= 11 is 0. The summed E-state index contributed by atoms with van der Waals surface area (Å²) in [5.74, 6) is 0.668. The van der Waals surface area contributed by atoms with Crippen LogP contribution in [0.2, 0.25) is 0 Å². The first kappa shape index (κ1) is 56.9. The lowest BCUT2D eigenvalue weighted by Gasteiger charge is -2.22. The molecular weight excluding hydrogens is 1200 g/mol. The Bertz CT molecular complexity index is 6100. The van der Waals surface area contributed by atoms with Crippen LogP contribution in [-0.2, 0) is 10.8 Å². The molecule has 20 rings (SSSR count). The lowest BCUT2D eigenvalue weighted by atomic mass is 9.82. The smallest absolute Gasteiger partial charge is 0.160 e. The quantitative estimate of drug-likeness (QED) is 0.144. The van der Waals surface area contributed by atoms with Gasteiger partial charge in [-0.15, -0.1) is 0 Å². The van der Waals surface area contributed by atoms with E-state index in [0.717, 1.165) is 72.6 Å². The van der Waals surface area contributed by atoms with Crippen LogP contribution in [0.4, 0.5) is 0 Å². The van der Waals surface area contributed by atoms with Crippen LogP contribution in [0, 0.1) is 0 Å². The van der Waals surface area contributed by atoms with Crippen molar-refractivity contribution in [2.24, 2.45) is 0 Å². The molecule has 0 saturated heterocycles. The second-order valence-electron chi connectivity index (χ2n) is 28.1. The predicted molar refractivity (Wildman–Crippen MR) is 413 cm³/mol. The van der Waals surface area contributed by atoms with Gasteiger partial charge in [0.1, 0.15) is 0 Å². The molecule has 2 aliphatic carbocycles. The van der Waals surface area contributed by atoms with Gasteiger partial charge < -0.3 is 13.7 Å². The van der Waals surface area contributed by atoms with Crippen LogP contribution in [0.1, 0.15) is 49.9 Å². The number of benzene rings is 14. The Morgan fingerprint density at radius 2 is 0.556 bits per heavy atom. The van der Waals surface area contributed by atoms with Crippen molar-refractivity contribution in [3.05, 3.63) is 344 Å². The van der Waals surface area contributed by atoms with Gasteiger partial charge in [0.15, 0.2) is 5.82 Å². The highest BCUT2D eigenvalue weighted by molar-refractivity contribution is 6.14. The molecule has 14 aromatic carbocycles. The van der Waals surface area contributed by atoms with Crippen molar-refractivity contribution in [1.82, 2.24) is 23.7 Å². The Balaban J connectivity index is 0.732. The van der Waals surface area contributed by atoms with Gasteiger partial charge in [0, 0.05) is 76.9 Å². The fraction of sp³-hybridized carbons (Fsp3) is 0.0638. The largest absolute Gasteiger partial charge is 0.309 e. The Morgan fingerprint density at radius 3 is 1.07 bits per heavy atom. The summed E-state index contributed by atoms with van der Waals surface area (Å²) in [5.41, 5.74) is 32.7. The monoisotopic (exact) mass is 1260 g/mol. The molecule has 0 saturated carbocycles. The average Bonchev–Trinajstić information content (AvgIpc) is 1.59. The molecular formula is C94H65N5. The van der Waals surface area contributed by atoms with Gasteiger partial charge in [0.25, 0.3) is 0 Å². The molecule has 18 aromatic rings. The molecule has 0 bridgehead atoms. The van der Waals surface area contributed by atoms with E-state index in [4.69, 9.17) is 9.97 Å². The molecule has 0 fully saturated rings. The van der Waals surface area contributed by atoms with Crippen molar-refractivity contribution in [1.29, 1.82) is 0 Å². The summed E-state index contributed by atoms with van der Waals surface area (Å²) in [6.45, 7) is 9.46. The number of aromatic nitrogens is 5. The molecule has 0 N–H and O–H groups in total. The first-order valence-corrected chi connectivity index (χ1v) is 34.4. The van der Waals surface area contributed by atoms with Gasteiger partial charge in [0.2, 0.25) is 0 Å². The number of para-hydroxylation sites is 2. The van der Waals surface area contributed by atoms with E-state index in [1.165, 1.54) is 116 Å². The highest BCUT2D eigenvalue weighted by atomic mass is 15.0. The van der Waals surface area contributed by atoms with Gasteiger partial charge in [-0.25, -0.2) is 9.97 Å². The van der Waals surface area contributed by atoms with Crippen LogP contribution in [0.5, 0.6) is 0 Å². The first-order valence-electron chi connectivity index (χ1n) is 34.4. The van der Waals surface area contributed by atoms with E-state index in [1.807, 2.05) is 0 Å². The SMILES string of the molecule is CC1(C)c2ccccc2-c2ccc(-n3c4ccccc4c4cc(-c5ccc6c7ccc(-c8ccc9c(c8)c8ccccc8n9-c8ccc9c(c8)C(C)(C)c8ccccc8-9)cc7n(-c7ccc(-c8nc(-c9ccccc9)cc(-c9ccc(-c%10ccccc%10)cc9)n8)cc7)c6c5)ccc43)cc21. The average molecular weight is 1260 g/mol. The van der Waals surface area contributed by atoms with Gasteiger partial charge in [-0.05, 0) is 181 Å². The van der Waals surface area contributed by atoms with E-state index in [2.05, 4.69) is 363 Å². The molecule has 5 nitrogen and oxygen atoms in total. The van der Waals surface area contributed by atoms with Crippen LogP contribution in [0.15, 0.2) is 322 Å². The number of hydrogen-bond acceptors (Lipinski definition) is 2. The lowest BCUT2D eigenvalue weighted by Crippen LogP contribution is -2.15. The molecule has 2 aliphatic rings. The number of fused-ring (bicyclic) bond motifs is 15. The minimum Gasteiger partial charge on any atom is -0.309 e. The Hall–Kier alpha value is -12.4. The summed E-state index contributed by atoms with van der Waals surface area (Å²) < 4.78 is 7.40. The molecule has 99 heavy (non-hydrogen) atoms. The van der Waals surface area contributed by atoms with Crippen LogP contribution in [0.25, 0.3) is 172 Å². The van der Waals surface area contributed by atoms with Crippen molar-refractivity contribution in [2.45, 2.75) is 38.5 Å². The molecule has 466 valence electrons. The summed E-state index contributed by atoms with van der Waals surface area (Å²) in [6, 6.07) is 119. The van der Waals surface area contributed by atoms with Gasteiger partial charge >= 0.3 is 0 Å². The summed E-state index contributed by atoms with van der Waals surface area (Å²) in [6.07, 6.45) is 0. The highest BCUT2D eigenvalue weighted by Gasteiger charge is 2.37. The maximum absolute atomic E-state index is 5.34. The van der Waals surface area contributed by atoms with Gasteiger partial charge in [-0.1, -0.05) is 246 Å². The Labute approximate surface area is 574 Å². The molecule has 0 amide bonds. The lowest BCUT2D eigenvalue weighted by molar-refractivity contribution is 0.660. The van der Waals surface area contributed by atoms with Crippen LogP contribution in [-0.4, -0.2) is 23.7 Å². The second-order valence-corrected chi connectivity index (χ2v) is 28.1. The number of nitrogens with zero attached hydrogens (tertiary/aromatic N) is 5. The van der Waals surface area contributed by atoms with E-state index in [9.17, 15) is 0 Å². The van der Waals surface area contributed by atoms with Gasteiger partial charge in [-0.2, -0.15) is 0 Å². The Morgan fingerprint density at radius 1 is 0.212 bits per heavy atom. The van der Waals surface area contributed by atoms with Crippen molar-refractivity contribution in [3.8, 4) is 107 Å². The molecule has 0 aliphatic heterocycles. The van der Waals surface area contributed by atoms with Crippen LogP contribution >= 0.6 is 0 Å². The summed E-state index contributed by atoms with van der Waals surface area (Å²) in [7, 11) is 0. The molecule has 0 atom stereocenters. The van der Waals surface area contributed by atoms with Crippen molar-refractivity contribution >= 4 is 65.4 Å². The molecule has 4 aromatic heterocycles. The minimum atomic E-state index is -0.115. The standard InChI is InChI=1S/C94H65N5/c1-93(2)80-27-15-11-23-70(80)72-47-43-68(55-82(72)93)98-86-29-17-13-25-74(86)78-51-63(39-49-88(78)98)65-37-45-76-77-46-38-66(64-40-50-89-79(52-64)75-26-14-18-30-87(75)99(89)69-44-48-73-71-24-12-16-28-81(71)94(3,4)83(73)56-69)54-91(77)97(90(76)53-65)67-41-35-62(36-42-67)92-95-84(60-21-9-6-10-22-60)57-85(96-92)61-33-31-59(32-34-61)58-19-7-5-8-20-58/h5-57H,1-4H3. The van der Waals surface area contributed by atoms with Crippen LogP contribution in [0.3, 0.4) is 0 Å². The van der Waals surface area contributed by atoms with E-state index >= 15 is 0 Å². The number of rotatable bonds is 9. The highest BCUT2D eigenvalue weighted by Crippen LogP contribution is 2.52. The van der Waals surface area contributed by atoms with Crippen LogP contribution < -0.4 is 0 Å². The van der Waals surface area contributed by atoms with E-state index in [0.29, 0.717) is 5.82 Å². The summed E-state index contributed by atoms with van der Waals surface area (Å²) in [4.78, 5) is 10.6. The molecule has 0 radical (unpaired) electrons.